The molecule has 1 aliphatic rings. The number of amides is 2. The quantitative estimate of drug-likeness (QED) is 0.660. The number of halogens is 2. The van der Waals surface area contributed by atoms with Crippen molar-refractivity contribution >= 4 is 46.5 Å². The molecule has 2 amide bonds. The first-order valence-corrected chi connectivity index (χ1v) is 10.5. The Morgan fingerprint density at radius 1 is 0.867 bits per heavy atom. The van der Waals surface area contributed by atoms with Crippen molar-refractivity contribution in [1.82, 2.24) is 10.2 Å². The highest BCUT2D eigenvalue weighted by molar-refractivity contribution is 6.31. The highest BCUT2D eigenvalue weighted by Gasteiger charge is 2.21. The van der Waals surface area contributed by atoms with Gasteiger partial charge in [0.05, 0.1) is 6.54 Å². The van der Waals surface area contributed by atoms with Crippen LogP contribution in [-0.4, -0.2) is 55.2 Å². The third-order valence-electron chi connectivity index (χ3n) is 4.99. The molecule has 1 fully saturated rings. The number of carbonyl (C=O) groups excluding carboxylic acids is 3. The number of hydrogen-bond acceptors (Lipinski definition) is 4. The molecule has 2 aromatic rings. The van der Waals surface area contributed by atoms with E-state index in [4.69, 9.17) is 23.2 Å². The van der Waals surface area contributed by atoms with E-state index in [9.17, 15) is 14.4 Å². The lowest BCUT2D eigenvalue weighted by Gasteiger charge is -2.36. The number of ketones is 1. The van der Waals surface area contributed by atoms with Crippen LogP contribution in [0.3, 0.4) is 0 Å². The van der Waals surface area contributed by atoms with E-state index < -0.39 is 0 Å². The van der Waals surface area contributed by atoms with Crippen molar-refractivity contribution in [3.8, 4) is 0 Å². The first kappa shape index (κ1) is 22.1. The summed E-state index contributed by atoms with van der Waals surface area (Å²) in [4.78, 5) is 40.4. The van der Waals surface area contributed by atoms with Crippen molar-refractivity contribution < 1.29 is 14.4 Å². The Kier molecular flexibility index (Phi) is 7.71. The SMILES string of the molecule is O=C(CCC(=O)c1ccc(Cl)cc1)NCC(=O)N1CCN(c2cccc(Cl)c2)CC1. The van der Waals surface area contributed by atoms with Crippen LogP contribution < -0.4 is 10.2 Å². The zero-order chi connectivity index (χ0) is 21.5. The van der Waals surface area contributed by atoms with Gasteiger partial charge in [0.1, 0.15) is 0 Å². The molecular weight excluding hydrogens is 425 g/mol. The van der Waals surface area contributed by atoms with Gasteiger partial charge in [-0.05, 0) is 42.5 Å². The van der Waals surface area contributed by atoms with Crippen molar-refractivity contribution in [3.05, 3.63) is 64.1 Å². The second kappa shape index (κ2) is 10.5. The third kappa shape index (κ3) is 6.21. The van der Waals surface area contributed by atoms with Gasteiger partial charge in [-0.3, -0.25) is 14.4 Å². The van der Waals surface area contributed by atoms with Gasteiger partial charge in [0.15, 0.2) is 5.78 Å². The standard InChI is InChI=1S/C22H23Cl2N3O3/c23-17-6-4-16(5-7-17)20(28)8-9-21(29)25-15-22(30)27-12-10-26(11-13-27)19-3-1-2-18(24)14-19/h1-7,14H,8-13,15H2,(H,25,29). The first-order valence-electron chi connectivity index (χ1n) is 9.76. The van der Waals surface area contributed by atoms with E-state index >= 15 is 0 Å². The fraction of sp³-hybridized carbons (Fsp3) is 0.318. The number of carbonyl (C=O) groups is 3. The summed E-state index contributed by atoms with van der Waals surface area (Å²) < 4.78 is 0. The summed E-state index contributed by atoms with van der Waals surface area (Å²) in [6.07, 6.45) is 0.122. The Morgan fingerprint density at radius 2 is 1.57 bits per heavy atom. The fourth-order valence-electron chi connectivity index (χ4n) is 3.27. The molecule has 0 aliphatic carbocycles. The topological polar surface area (TPSA) is 69.7 Å². The molecule has 1 heterocycles. The van der Waals surface area contributed by atoms with Crippen molar-refractivity contribution in [2.75, 3.05) is 37.6 Å². The Balaban J connectivity index is 1.37. The largest absolute Gasteiger partial charge is 0.368 e. The van der Waals surface area contributed by atoms with Gasteiger partial charge in [0.2, 0.25) is 11.8 Å². The Labute approximate surface area is 185 Å². The van der Waals surface area contributed by atoms with Gasteiger partial charge in [0.25, 0.3) is 0 Å². The Morgan fingerprint density at radius 3 is 2.23 bits per heavy atom. The van der Waals surface area contributed by atoms with Crippen LogP contribution in [0.2, 0.25) is 10.0 Å². The minimum Gasteiger partial charge on any atom is -0.368 e. The number of nitrogens with one attached hydrogen (secondary N) is 1. The van der Waals surface area contributed by atoms with Crippen LogP contribution in [0, 0.1) is 0 Å². The molecular formula is C22H23Cl2N3O3. The van der Waals surface area contributed by atoms with Gasteiger partial charge in [-0.2, -0.15) is 0 Å². The number of benzene rings is 2. The maximum atomic E-state index is 12.4. The lowest BCUT2D eigenvalue weighted by atomic mass is 10.1. The predicted molar refractivity (Wildman–Crippen MR) is 118 cm³/mol. The minimum atomic E-state index is -0.316. The maximum absolute atomic E-state index is 12.4. The molecule has 158 valence electrons. The summed E-state index contributed by atoms with van der Waals surface area (Å²) in [6.45, 7) is 2.50. The molecule has 30 heavy (non-hydrogen) atoms. The van der Waals surface area contributed by atoms with E-state index in [0.29, 0.717) is 41.8 Å². The molecule has 0 atom stereocenters. The van der Waals surface area contributed by atoms with E-state index in [1.54, 1.807) is 29.2 Å². The van der Waals surface area contributed by atoms with Crippen molar-refractivity contribution in [2.45, 2.75) is 12.8 Å². The van der Waals surface area contributed by atoms with E-state index in [1.165, 1.54) is 0 Å². The van der Waals surface area contributed by atoms with Gasteiger partial charge >= 0.3 is 0 Å². The smallest absolute Gasteiger partial charge is 0.242 e. The second-order valence-corrected chi connectivity index (χ2v) is 7.93. The van der Waals surface area contributed by atoms with E-state index in [2.05, 4.69) is 10.2 Å². The summed E-state index contributed by atoms with van der Waals surface area (Å²) in [5.74, 6) is -0.577. The molecule has 6 nitrogen and oxygen atoms in total. The summed E-state index contributed by atoms with van der Waals surface area (Å²) in [5.41, 5.74) is 1.55. The van der Waals surface area contributed by atoms with Crippen LogP contribution in [0.1, 0.15) is 23.2 Å². The monoisotopic (exact) mass is 447 g/mol. The molecule has 8 heteroatoms. The molecule has 3 rings (SSSR count). The van der Waals surface area contributed by atoms with Gasteiger partial charge in [-0.15, -0.1) is 0 Å². The predicted octanol–water partition coefficient (Wildman–Crippen LogP) is 3.42. The number of anilines is 1. The Bertz CT molecular complexity index is 910. The number of nitrogens with zero attached hydrogens (tertiary/aromatic N) is 2. The van der Waals surface area contributed by atoms with Crippen LogP contribution in [-0.2, 0) is 9.59 Å². The van der Waals surface area contributed by atoms with E-state index in [-0.39, 0.29) is 37.0 Å². The van der Waals surface area contributed by atoms with Gasteiger partial charge in [-0.25, -0.2) is 0 Å². The zero-order valence-electron chi connectivity index (χ0n) is 16.4. The van der Waals surface area contributed by atoms with E-state index in [0.717, 1.165) is 5.69 Å². The van der Waals surface area contributed by atoms with Crippen LogP contribution in [0.25, 0.3) is 0 Å². The normalized spacial score (nSPS) is 13.8. The number of Topliss-reactive ketones (excluding diaryl/α,β-unsaturated/α-hetero) is 1. The molecule has 2 aromatic carbocycles. The summed E-state index contributed by atoms with van der Waals surface area (Å²) in [6, 6.07) is 14.2. The number of hydrogen-bond donors (Lipinski definition) is 1. The van der Waals surface area contributed by atoms with E-state index in [1.807, 2.05) is 24.3 Å². The molecule has 0 spiro atoms. The molecule has 1 N–H and O–H groups in total. The summed E-state index contributed by atoms with van der Waals surface area (Å²) in [7, 11) is 0. The third-order valence-corrected chi connectivity index (χ3v) is 5.47. The van der Waals surface area contributed by atoms with Gasteiger partial charge in [0, 0.05) is 60.3 Å². The lowest BCUT2D eigenvalue weighted by Crippen LogP contribution is -2.51. The van der Waals surface area contributed by atoms with Crippen LogP contribution in [0.15, 0.2) is 48.5 Å². The average Bonchev–Trinajstić information content (AvgIpc) is 2.76. The van der Waals surface area contributed by atoms with Crippen molar-refractivity contribution in [3.63, 3.8) is 0 Å². The highest BCUT2D eigenvalue weighted by atomic mass is 35.5. The maximum Gasteiger partial charge on any atom is 0.242 e. The first-order chi connectivity index (χ1) is 14.4. The summed E-state index contributed by atoms with van der Waals surface area (Å²) >= 11 is 11.8. The van der Waals surface area contributed by atoms with Crippen molar-refractivity contribution in [1.29, 1.82) is 0 Å². The molecule has 0 bridgehead atoms. The minimum absolute atomic E-state index is 0.0390. The lowest BCUT2D eigenvalue weighted by molar-refractivity contribution is -0.133. The Hall–Kier alpha value is -2.57. The van der Waals surface area contributed by atoms with Gasteiger partial charge in [-0.1, -0.05) is 29.3 Å². The van der Waals surface area contributed by atoms with Crippen LogP contribution in [0.5, 0.6) is 0 Å². The molecule has 0 unspecified atom stereocenters. The van der Waals surface area contributed by atoms with Crippen molar-refractivity contribution in [2.24, 2.45) is 0 Å². The van der Waals surface area contributed by atoms with Crippen LogP contribution in [0.4, 0.5) is 5.69 Å². The second-order valence-electron chi connectivity index (χ2n) is 7.05. The number of rotatable bonds is 7. The molecule has 0 saturated carbocycles. The number of piperazine rings is 1. The highest BCUT2D eigenvalue weighted by Crippen LogP contribution is 2.20. The zero-order valence-corrected chi connectivity index (χ0v) is 18.0. The fourth-order valence-corrected chi connectivity index (χ4v) is 3.58. The van der Waals surface area contributed by atoms with Gasteiger partial charge < -0.3 is 15.1 Å². The molecule has 0 aromatic heterocycles. The molecule has 1 aliphatic heterocycles. The summed E-state index contributed by atoms with van der Waals surface area (Å²) in [5, 5.41) is 3.85. The molecule has 1 saturated heterocycles. The average molecular weight is 448 g/mol. The van der Waals surface area contributed by atoms with Crippen LogP contribution >= 0.6 is 23.2 Å². The molecule has 0 radical (unpaired) electrons.